The lowest BCUT2D eigenvalue weighted by molar-refractivity contribution is -0.383. The van der Waals surface area contributed by atoms with Crippen LogP contribution in [0, 0.1) is 15.9 Å². The van der Waals surface area contributed by atoms with Crippen molar-refractivity contribution in [2.45, 2.75) is 12.5 Å². The number of nitro benzene ring substituents is 1. The molecule has 1 heterocycles. The Labute approximate surface area is 114 Å². The molecule has 0 spiro atoms. The zero-order valence-corrected chi connectivity index (χ0v) is 11.1. The molecule has 1 N–H and O–H groups in total. The number of rotatable bonds is 5. The summed E-state index contributed by atoms with van der Waals surface area (Å²) < 4.78 is 13.3. The third kappa shape index (κ3) is 2.53. The van der Waals surface area contributed by atoms with Gasteiger partial charge < -0.3 is 9.78 Å². The molecule has 0 amide bonds. The van der Waals surface area contributed by atoms with Crippen molar-refractivity contribution in [2.24, 2.45) is 0 Å². The molecule has 1 atom stereocenters. The number of hydrogen-bond acceptors (Lipinski definition) is 4. The second-order valence-electron chi connectivity index (χ2n) is 4.79. The molecule has 0 saturated carbocycles. The summed E-state index contributed by atoms with van der Waals surface area (Å²) in [5.41, 5.74) is 0.687. The van der Waals surface area contributed by atoms with E-state index in [9.17, 15) is 19.3 Å². The number of halogens is 1. The average Bonchev–Trinajstić information content (AvgIpc) is 2.77. The number of likely N-dealkylation sites (N-methyl/N-ethyl adjacent to an activating group) is 1. The van der Waals surface area contributed by atoms with Gasteiger partial charge >= 0.3 is 0 Å². The molecule has 20 heavy (non-hydrogen) atoms. The number of aldehydes is 1. The van der Waals surface area contributed by atoms with Gasteiger partial charge in [-0.05, 0) is 32.1 Å². The van der Waals surface area contributed by atoms with Crippen molar-refractivity contribution in [1.82, 2.24) is 9.88 Å². The number of nitro groups is 1. The number of carbonyl (C=O) groups excluding carboxylic acids is 1. The smallest absolute Gasteiger partial charge is 0.281 e. The average molecular weight is 279 g/mol. The maximum absolute atomic E-state index is 13.3. The van der Waals surface area contributed by atoms with Crippen molar-refractivity contribution in [1.29, 1.82) is 0 Å². The standard InChI is InChI=1S/C13H14FN3O3/c1-16(2)10(7-18)3-8-6-15-11-4-9(14)5-12(13(8)11)17(19)20/h4-7,10,15H,3H2,1-2H3. The van der Waals surface area contributed by atoms with Crippen molar-refractivity contribution in [2.75, 3.05) is 14.1 Å². The molecule has 0 bridgehead atoms. The minimum atomic E-state index is -0.669. The Kier molecular flexibility index (Phi) is 3.80. The number of aromatic amines is 1. The van der Waals surface area contributed by atoms with Crippen molar-refractivity contribution < 1.29 is 14.1 Å². The highest BCUT2D eigenvalue weighted by Crippen LogP contribution is 2.30. The van der Waals surface area contributed by atoms with Gasteiger partial charge in [-0.2, -0.15) is 0 Å². The van der Waals surface area contributed by atoms with Crippen LogP contribution < -0.4 is 0 Å². The number of H-pyrrole nitrogens is 1. The van der Waals surface area contributed by atoms with Crippen LogP contribution in [0.5, 0.6) is 0 Å². The Hall–Kier alpha value is -2.28. The van der Waals surface area contributed by atoms with Gasteiger partial charge in [-0.3, -0.25) is 15.0 Å². The third-order valence-corrected chi connectivity index (χ3v) is 3.25. The van der Waals surface area contributed by atoms with E-state index in [0.29, 0.717) is 22.9 Å². The van der Waals surface area contributed by atoms with Gasteiger partial charge in [-0.1, -0.05) is 0 Å². The van der Waals surface area contributed by atoms with E-state index in [1.165, 1.54) is 6.07 Å². The topological polar surface area (TPSA) is 79.2 Å². The highest BCUT2D eigenvalue weighted by Gasteiger charge is 2.21. The van der Waals surface area contributed by atoms with Gasteiger partial charge in [0.2, 0.25) is 0 Å². The number of hydrogen-bond donors (Lipinski definition) is 1. The van der Waals surface area contributed by atoms with Crippen LogP contribution in [0.4, 0.5) is 10.1 Å². The number of nitrogens with one attached hydrogen (secondary N) is 1. The van der Waals surface area contributed by atoms with Crippen molar-refractivity contribution >= 4 is 22.9 Å². The number of non-ortho nitro benzene ring substituents is 1. The van der Waals surface area contributed by atoms with E-state index in [1.807, 2.05) is 0 Å². The summed E-state index contributed by atoms with van der Waals surface area (Å²) in [5.74, 6) is -0.669. The number of aromatic nitrogens is 1. The van der Waals surface area contributed by atoms with Gasteiger partial charge in [-0.15, -0.1) is 0 Å². The quantitative estimate of drug-likeness (QED) is 0.515. The second-order valence-corrected chi connectivity index (χ2v) is 4.79. The summed E-state index contributed by atoms with van der Waals surface area (Å²) >= 11 is 0. The Balaban J connectivity index is 2.55. The van der Waals surface area contributed by atoms with E-state index in [0.717, 1.165) is 12.4 Å². The zero-order chi connectivity index (χ0) is 14.9. The van der Waals surface area contributed by atoms with E-state index >= 15 is 0 Å². The van der Waals surface area contributed by atoms with Crippen molar-refractivity contribution in [3.05, 3.63) is 39.8 Å². The molecule has 0 aliphatic heterocycles. The van der Waals surface area contributed by atoms with Gasteiger partial charge in [0.15, 0.2) is 0 Å². The van der Waals surface area contributed by atoms with Crippen LogP contribution in [0.2, 0.25) is 0 Å². The normalized spacial score (nSPS) is 12.8. The second kappa shape index (κ2) is 5.38. The van der Waals surface area contributed by atoms with Gasteiger partial charge in [0.25, 0.3) is 5.69 Å². The van der Waals surface area contributed by atoms with E-state index in [-0.39, 0.29) is 5.69 Å². The number of nitrogens with zero attached hydrogens (tertiary/aromatic N) is 2. The highest BCUT2D eigenvalue weighted by molar-refractivity contribution is 5.92. The number of fused-ring (bicyclic) bond motifs is 1. The minimum absolute atomic E-state index is 0.292. The SMILES string of the molecule is CN(C)C(C=O)Cc1c[nH]c2cc(F)cc([N+](=O)[O-])c12. The summed E-state index contributed by atoms with van der Waals surface area (Å²) in [6.45, 7) is 0. The summed E-state index contributed by atoms with van der Waals surface area (Å²) in [6, 6.07) is 1.71. The fourth-order valence-corrected chi connectivity index (χ4v) is 2.16. The number of benzene rings is 1. The predicted molar refractivity (Wildman–Crippen MR) is 72.2 cm³/mol. The molecular weight excluding hydrogens is 265 g/mol. The monoisotopic (exact) mass is 279 g/mol. The summed E-state index contributed by atoms with van der Waals surface area (Å²) in [6.07, 6.45) is 2.69. The molecule has 6 nitrogen and oxygen atoms in total. The largest absolute Gasteiger partial charge is 0.361 e. The lowest BCUT2D eigenvalue weighted by Crippen LogP contribution is -2.31. The van der Waals surface area contributed by atoms with Crippen LogP contribution >= 0.6 is 0 Å². The van der Waals surface area contributed by atoms with Crippen LogP contribution in [0.3, 0.4) is 0 Å². The van der Waals surface area contributed by atoms with Gasteiger partial charge in [0.1, 0.15) is 12.1 Å². The van der Waals surface area contributed by atoms with Crippen LogP contribution in [0.1, 0.15) is 5.56 Å². The van der Waals surface area contributed by atoms with Crippen molar-refractivity contribution in [3.63, 3.8) is 0 Å². The highest BCUT2D eigenvalue weighted by atomic mass is 19.1. The number of carbonyl (C=O) groups is 1. The third-order valence-electron chi connectivity index (χ3n) is 3.25. The van der Waals surface area contributed by atoms with Crippen molar-refractivity contribution in [3.8, 4) is 0 Å². The van der Waals surface area contributed by atoms with E-state index in [1.54, 1.807) is 25.2 Å². The van der Waals surface area contributed by atoms with Crippen LogP contribution in [-0.4, -0.2) is 41.2 Å². The molecule has 1 aromatic carbocycles. The molecule has 0 radical (unpaired) electrons. The fraction of sp³-hybridized carbons (Fsp3) is 0.308. The molecule has 0 aliphatic rings. The van der Waals surface area contributed by atoms with E-state index in [2.05, 4.69) is 4.98 Å². The molecule has 0 fully saturated rings. The first-order chi connectivity index (χ1) is 9.43. The Morgan fingerprint density at radius 2 is 2.20 bits per heavy atom. The lowest BCUT2D eigenvalue weighted by Gasteiger charge is -2.17. The van der Waals surface area contributed by atoms with Gasteiger partial charge in [-0.25, -0.2) is 4.39 Å². The summed E-state index contributed by atoms with van der Waals surface area (Å²) in [5, 5.41) is 11.4. The predicted octanol–water partition coefficient (Wildman–Crippen LogP) is 1.89. The minimum Gasteiger partial charge on any atom is -0.361 e. The lowest BCUT2D eigenvalue weighted by atomic mass is 10.0. The molecule has 1 aromatic heterocycles. The molecule has 2 rings (SSSR count). The van der Waals surface area contributed by atoms with E-state index in [4.69, 9.17) is 0 Å². The molecule has 7 heteroatoms. The van der Waals surface area contributed by atoms with E-state index < -0.39 is 16.8 Å². The van der Waals surface area contributed by atoms with Gasteiger partial charge in [0.05, 0.1) is 27.9 Å². The summed E-state index contributed by atoms with van der Waals surface area (Å²) in [7, 11) is 3.50. The Morgan fingerprint density at radius 1 is 1.50 bits per heavy atom. The maximum atomic E-state index is 13.3. The molecular formula is C13H14FN3O3. The zero-order valence-electron chi connectivity index (χ0n) is 11.1. The van der Waals surface area contributed by atoms with Crippen LogP contribution in [-0.2, 0) is 11.2 Å². The first-order valence-electron chi connectivity index (χ1n) is 5.99. The first-order valence-corrected chi connectivity index (χ1v) is 5.99. The van der Waals surface area contributed by atoms with Crippen LogP contribution in [0.15, 0.2) is 18.3 Å². The maximum Gasteiger partial charge on any atom is 0.281 e. The Morgan fingerprint density at radius 3 is 2.75 bits per heavy atom. The molecule has 0 aliphatic carbocycles. The van der Waals surface area contributed by atoms with Crippen LogP contribution in [0.25, 0.3) is 10.9 Å². The molecule has 2 aromatic rings. The fourth-order valence-electron chi connectivity index (χ4n) is 2.16. The summed E-state index contributed by atoms with van der Waals surface area (Å²) in [4.78, 5) is 26.0. The van der Waals surface area contributed by atoms with Gasteiger partial charge in [0, 0.05) is 6.20 Å². The Bertz CT molecular complexity index is 666. The first kappa shape index (κ1) is 14.1. The molecule has 1 unspecified atom stereocenters. The molecule has 0 saturated heterocycles. The molecule has 106 valence electrons.